The van der Waals surface area contributed by atoms with Crippen LogP contribution in [0.1, 0.15) is 20.7 Å². The minimum absolute atomic E-state index is 0.112. The van der Waals surface area contributed by atoms with Gasteiger partial charge in [-0.2, -0.15) is 0 Å². The molecular formula is C17H18N2O8. The van der Waals surface area contributed by atoms with E-state index in [1.165, 1.54) is 33.5 Å². The molecule has 0 radical (unpaired) electrons. The van der Waals surface area contributed by atoms with Crippen molar-refractivity contribution in [3.8, 4) is 34.5 Å². The summed E-state index contributed by atoms with van der Waals surface area (Å²) >= 11 is 0. The molecule has 10 heteroatoms. The Morgan fingerprint density at radius 2 is 1.15 bits per heavy atom. The predicted molar refractivity (Wildman–Crippen MR) is 92.5 cm³/mol. The van der Waals surface area contributed by atoms with E-state index in [9.17, 15) is 24.9 Å². The van der Waals surface area contributed by atoms with Gasteiger partial charge in [-0.05, 0) is 24.3 Å². The van der Waals surface area contributed by atoms with Gasteiger partial charge in [0.25, 0.3) is 11.8 Å². The second-order valence-corrected chi connectivity index (χ2v) is 5.19. The van der Waals surface area contributed by atoms with Gasteiger partial charge in [-0.1, -0.05) is 0 Å². The lowest BCUT2D eigenvalue weighted by atomic mass is 10.1. The fraction of sp³-hybridized carbons (Fsp3) is 0.176. The van der Waals surface area contributed by atoms with Crippen LogP contribution in [0.5, 0.6) is 34.5 Å². The molecular weight excluding hydrogens is 360 g/mol. The van der Waals surface area contributed by atoms with E-state index >= 15 is 0 Å². The van der Waals surface area contributed by atoms with E-state index in [-0.39, 0.29) is 22.6 Å². The summed E-state index contributed by atoms with van der Waals surface area (Å²) in [7, 11) is 4.21. The number of nitrogens with one attached hydrogen (secondary N) is 2. The number of ether oxygens (including phenoxy) is 3. The Morgan fingerprint density at radius 1 is 0.741 bits per heavy atom. The molecule has 0 aliphatic rings. The number of amides is 2. The van der Waals surface area contributed by atoms with Crippen LogP contribution in [0.15, 0.2) is 24.3 Å². The van der Waals surface area contributed by atoms with Crippen LogP contribution in [0, 0.1) is 0 Å². The lowest BCUT2D eigenvalue weighted by Crippen LogP contribution is -2.41. The maximum absolute atomic E-state index is 12.3. The standard InChI is InChI=1S/C17H18N2O8/c1-25-12-6-9(7-13(26-2)15(12)27-3)17(24)19-18-16(23)8-4-10(20)14(22)11(21)5-8/h4-7,20-22H,1-3H3,(H,18,23)(H,19,24). The maximum Gasteiger partial charge on any atom is 0.269 e. The van der Waals surface area contributed by atoms with Crippen molar-refractivity contribution in [2.75, 3.05) is 21.3 Å². The first kappa shape index (κ1) is 19.5. The van der Waals surface area contributed by atoms with Crippen LogP contribution in [0.2, 0.25) is 0 Å². The van der Waals surface area contributed by atoms with Crippen LogP contribution in [0.25, 0.3) is 0 Å². The first-order valence-electron chi connectivity index (χ1n) is 7.48. The molecule has 0 heterocycles. The summed E-state index contributed by atoms with van der Waals surface area (Å²) < 4.78 is 15.5. The van der Waals surface area contributed by atoms with Crippen LogP contribution in [0.3, 0.4) is 0 Å². The summed E-state index contributed by atoms with van der Waals surface area (Å²) in [4.78, 5) is 24.3. The number of carbonyl (C=O) groups is 2. The quantitative estimate of drug-likeness (QED) is 0.381. The molecule has 0 saturated heterocycles. The molecule has 0 atom stereocenters. The smallest absolute Gasteiger partial charge is 0.269 e. The highest BCUT2D eigenvalue weighted by Crippen LogP contribution is 2.38. The van der Waals surface area contributed by atoms with E-state index in [0.29, 0.717) is 5.75 Å². The van der Waals surface area contributed by atoms with Crippen LogP contribution >= 0.6 is 0 Å². The lowest BCUT2D eigenvalue weighted by Gasteiger charge is -2.14. The third-order valence-electron chi connectivity index (χ3n) is 3.55. The van der Waals surface area contributed by atoms with E-state index in [2.05, 4.69) is 10.9 Å². The summed E-state index contributed by atoms with van der Waals surface area (Å²) in [5.41, 5.74) is 4.22. The Hall–Kier alpha value is -3.82. The highest BCUT2D eigenvalue weighted by Gasteiger charge is 2.18. The Bertz CT molecular complexity index is 833. The van der Waals surface area contributed by atoms with Crippen molar-refractivity contribution in [1.29, 1.82) is 0 Å². The van der Waals surface area contributed by atoms with Crippen LogP contribution in [-0.4, -0.2) is 48.5 Å². The van der Waals surface area contributed by atoms with Gasteiger partial charge in [-0.25, -0.2) is 0 Å². The highest BCUT2D eigenvalue weighted by atomic mass is 16.5. The zero-order valence-corrected chi connectivity index (χ0v) is 14.7. The highest BCUT2D eigenvalue weighted by molar-refractivity contribution is 6.00. The molecule has 2 amide bonds. The summed E-state index contributed by atoms with van der Waals surface area (Å²) in [6, 6.07) is 4.63. The molecule has 0 aliphatic carbocycles. The maximum atomic E-state index is 12.3. The second kappa shape index (κ2) is 8.04. The molecule has 0 fully saturated rings. The summed E-state index contributed by atoms with van der Waals surface area (Å²) in [5, 5.41) is 28.2. The molecule has 0 aliphatic heterocycles. The number of phenols is 3. The number of hydrogen-bond donors (Lipinski definition) is 5. The monoisotopic (exact) mass is 378 g/mol. The van der Waals surface area contributed by atoms with Gasteiger partial charge >= 0.3 is 0 Å². The lowest BCUT2D eigenvalue weighted by molar-refractivity contribution is 0.0846. The summed E-state index contributed by atoms with van der Waals surface area (Å²) in [6.45, 7) is 0. The van der Waals surface area contributed by atoms with Gasteiger partial charge < -0.3 is 29.5 Å². The van der Waals surface area contributed by atoms with E-state index in [0.717, 1.165) is 12.1 Å². The van der Waals surface area contributed by atoms with Gasteiger partial charge in [0.2, 0.25) is 5.75 Å². The molecule has 2 rings (SSSR count). The van der Waals surface area contributed by atoms with Crippen LogP contribution in [0.4, 0.5) is 0 Å². The van der Waals surface area contributed by atoms with Gasteiger partial charge in [-0.3, -0.25) is 20.4 Å². The molecule has 2 aromatic rings. The van der Waals surface area contributed by atoms with Crippen molar-refractivity contribution in [1.82, 2.24) is 10.9 Å². The number of aromatic hydroxyl groups is 3. The number of rotatable bonds is 5. The van der Waals surface area contributed by atoms with Crippen molar-refractivity contribution < 1.29 is 39.1 Å². The first-order chi connectivity index (χ1) is 12.8. The molecule has 2 aromatic carbocycles. The number of methoxy groups -OCH3 is 3. The SMILES string of the molecule is COc1cc(C(=O)NNC(=O)c2cc(O)c(O)c(O)c2)cc(OC)c1OC. The van der Waals surface area contributed by atoms with Crippen molar-refractivity contribution in [2.24, 2.45) is 0 Å². The Morgan fingerprint density at radius 3 is 1.52 bits per heavy atom. The van der Waals surface area contributed by atoms with Crippen molar-refractivity contribution >= 4 is 11.8 Å². The van der Waals surface area contributed by atoms with Crippen molar-refractivity contribution in [3.05, 3.63) is 35.4 Å². The molecule has 0 unspecified atom stereocenters. The zero-order chi connectivity index (χ0) is 20.1. The summed E-state index contributed by atoms with van der Waals surface area (Å²) in [5.74, 6) is -2.84. The third-order valence-corrected chi connectivity index (χ3v) is 3.55. The average molecular weight is 378 g/mol. The largest absolute Gasteiger partial charge is 0.504 e. The van der Waals surface area contributed by atoms with Gasteiger partial charge in [0, 0.05) is 11.1 Å². The number of hydrazine groups is 1. The molecule has 0 aromatic heterocycles. The van der Waals surface area contributed by atoms with Crippen LogP contribution in [-0.2, 0) is 0 Å². The molecule has 0 bridgehead atoms. The predicted octanol–water partition coefficient (Wildman–Crippen LogP) is 0.904. The van der Waals surface area contributed by atoms with Crippen molar-refractivity contribution in [3.63, 3.8) is 0 Å². The Balaban J connectivity index is 2.17. The van der Waals surface area contributed by atoms with Gasteiger partial charge in [-0.15, -0.1) is 0 Å². The first-order valence-corrected chi connectivity index (χ1v) is 7.48. The van der Waals surface area contributed by atoms with Crippen molar-refractivity contribution in [2.45, 2.75) is 0 Å². The number of carbonyl (C=O) groups excluding carboxylic acids is 2. The zero-order valence-electron chi connectivity index (χ0n) is 14.7. The normalized spacial score (nSPS) is 10.0. The molecule has 0 saturated carbocycles. The second-order valence-electron chi connectivity index (χ2n) is 5.19. The number of benzene rings is 2. The summed E-state index contributed by atoms with van der Waals surface area (Å²) in [6.07, 6.45) is 0. The minimum Gasteiger partial charge on any atom is -0.504 e. The molecule has 5 N–H and O–H groups in total. The fourth-order valence-corrected chi connectivity index (χ4v) is 2.21. The van der Waals surface area contributed by atoms with E-state index in [4.69, 9.17) is 14.2 Å². The molecule has 10 nitrogen and oxygen atoms in total. The fourth-order valence-electron chi connectivity index (χ4n) is 2.21. The van der Waals surface area contributed by atoms with E-state index < -0.39 is 29.1 Å². The van der Waals surface area contributed by atoms with Crippen LogP contribution < -0.4 is 25.1 Å². The molecule has 0 spiro atoms. The average Bonchev–Trinajstić information content (AvgIpc) is 2.67. The Labute approximate surface area is 153 Å². The molecule has 144 valence electrons. The topological polar surface area (TPSA) is 147 Å². The van der Waals surface area contributed by atoms with Gasteiger partial charge in [0.1, 0.15) is 0 Å². The minimum atomic E-state index is -0.832. The van der Waals surface area contributed by atoms with Gasteiger partial charge in [0.15, 0.2) is 28.7 Å². The van der Waals surface area contributed by atoms with E-state index in [1.54, 1.807) is 0 Å². The van der Waals surface area contributed by atoms with Gasteiger partial charge in [0.05, 0.1) is 21.3 Å². The molecule has 27 heavy (non-hydrogen) atoms. The number of phenolic OH excluding ortho intramolecular Hbond substituents is 3. The number of hydrogen-bond acceptors (Lipinski definition) is 8. The van der Waals surface area contributed by atoms with E-state index in [1.807, 2.05) is 0 Å². The third kappa shape index (κ3) is 4.06. The Kier molecular flexibility index (Phi) is 5.81.